The molecule has 0 radical (unpaired) electrons. The Morgan fingerprint density at radius 1 is 0.911 bits per heavy atom. The highest BCUT2D eigenvalue weighted by atomic mass is 16.7. The molecule has 0 aromatic heterocycles. The Kier molecular flexibility index (Phi) is 13.2. The standard InChI is InChI=1S/C35H60N2O8/c1-23-19-25(36-8)28(44-24-20-26(39-9)29(41-11)27(21-24)40-10)30(43-23)45-31-33(2,3)15-14-17-37-16-12-13-18-42-32(38)35(6,7)22-34(31,4)5/h20-21,23,25,28,30-31,36-37H,12-19,22H2,1-11H3/t23-,25+,28-,30+,31?/m1/s1. The van der Waals surface area contributed by atoms with Crippen molar-refractivity contribution in [3.8, 4) is 23.0 Å². The van der Waals surface area contributed by atoms with Gasteiger partial charge in [-0.2, -0.15) is 0 Å². The van der Waals surface area contributed by atoms with E-state index >= 15 is 0 Å². The fourth-order valence-corrected chi connectivity index (χ4v) is 7.36. The summed E-state index contributed by atoms with van der Waals surface area (Å²) >= 11 is 0. The Balaban J connectivity index is 2.02. The monoisotopic (exact) mass is 636 g/mol. The normalized spacial score (nSPS) is 29.4. The van der Waals surface area contributed by atoms with Gasteiger partial charge in [0.15, 0.2) is 23.9 Å². The topological polar surface area (TPSA) is 106 Å². The van der Waals surface area contributed by atoms with Crippen molar-refractivity contribution in [1.82, 2.24) is 10.6 Å². The molecule has 0 bridgehead atoms. The van der Waals surface area contributed by atoms with Crippen LogP contribution in [-0.2, 0) is 19.0 Å². The van der Waals surface area contributed by atoms with Crippen LogP contribution in [0.25, 0.3) is 0 Å². The van der Waals surface area contributed by atoms with E-state index in [2.05, 4.69) is 45.3 Å². The maximum atomic E-state index is 13.3. The van der Waals surface area contributed by atoms with E-state index in [4.69, 9.17) is 33.2 Å². The van der Waals surface area contributed by atoms with Gasteiger partial charge in [0.2, 0.25) is 5.75 Å². The fourth-order valence-electron chi connectivity index (χ4n) is 7.36. The van der Waals surface area contributed by atoms with E-state index in [1.54, 1.807) is 33.5 Å². The molecule has 0 spiro atoms. The molecule has 2 aliphatic heterocycles. The predicted molar refractivity (Wildman–Crippen MR) is 175 cm³/mol. The van der Waals surface area contributed by atoms with E-state index in [1.807, 2.05) is 20.9 Å². The van der Waals surface area contributed by atoms with Crippen LogP contribution in [0.15, 0.2) is 12.1 Å². The third-order valence-corrected chi connectivity index (χ3v) is 9.19. The average molecular weight is 637 g/mol. The molecule has 2 saturated heterocycles. The van der Waals surface area contributed by atoms with Crippen LogP contribution < -0.4 is 29.6 Å². The number of carbonyl (C=O) groups is 1. The second-order valence-electron chi connectivity index (χ2n) is 14.6. The zero-order valence-corrected chi connectivity index (χ0v) is 29.7. The molecule has 0 aliphatic carbocycles. The van der Waals surface area contributed by atoms with E-state index in [-0.39, 0.29) is 29.6 Å². The molecule has 45 heavy (non-hydrogen) atoms. The molecule has 0 saturated carbocycles. The van der Waals surface area contributed by atoms with E-state index < -0.39 is 23.2 Å². The van der Waals surface area contributed by atoms with Crippen molar-refractivity contribution in [3.63, 3.8) is 0 Å². The van der Waals surface area contributed by atoms with E-state index in [0.29, 0.717) is 36.0 Å². The summed E-state index contributed by atoms with van der Waals surface area (Å²) in [5.74, 6) is 1.88. The minimum atomic E-state index is -0.694. The lowest BCUT2D eigenvalue weighted by Crippen LogP contribution is -2.59. The van der Waals surface area contributed by atoms with Crippen LogP contribution >= 0.6 is 0 Å². The second kappa shape index (κ2) is 16.0. The SMILES string of the molecule is CN[C@H]1C[C@@H](C)O[C@@H](OC2C(C)(C)CCCNCCCCOC(=O)C(C)(C)CC2(C)C)[C@@H]1Oc1cc(OC)c(OC)c(OC)c1. The maximum Gasteiger partial charge on any atom is 0.311 e. The third kappa shape index (κ3) is 9.62. The largest absolute Gasteiger partial charge is 0.493 e. The molecule has 10 nitrogen and oxygen atoms in total. The fraction of sp³-hybridized carbons (Fsp3) is 0.800. The molecule has 2 fully saturated rings. The highest BCUT2D eigenvalue weighted by Crippen LogP contribution is 2.48. The molecule has 2 aliphatic rings. The number of ether oxygens (including phenoxy) is 7. The predicted octanol–water partition coefficient (Wildman–Crippen LogP) is 5.74. The minimum Gasteiger partial charge on any atom is -0.493 e. The van der Waals surface area contributed by atoms with Crippen LogP contribution in [0.3, 0.4) is 0 Å². The van der Waals surface area contributed by atoms with Crippen LogP contribution in [0.1, 0.15) is 87.0 Å². The Bertz CT molecular complexity index is 1070. The Morgan fingerprint density at radius 3 is 2.16 bits per heavy atom. The molecule has 0 amide bonds. The van der Waals surface area contributed by atoms with Crippen LogP contribution in [0.5, 0.6) is 23.0 Å². The first-order valence-corrected chi connectivity index (χ1v) is 16.5. The first kappa shape index (κ1) is 37.2. The third-order valence-electron chi connectivity index (χ3n) is 9.19. The van der Waals surface area contributed by atoms with Crippen LogP contribution in [0.4, 0.5) is 0 Å². The number of cyclic esters (lactones) is 1. The number of hydrogen-bond acceptors (Lipinski definition) is 10. The number of benzene rings is 1. The summed E-state index contributed by atoms with van der Waals surface area (Å²) in [5, 5.41) is 7.00. The first-order chi connectivity index (χ1) is 21.2. The lowest BCUT2D eigenvalue weighted by atomic mass is 9.64. The molecule has 1 aromatic carbocycles. The molecule has 10 heteroatoms. The minimum absolute atomic E-state index is 0.0538. The van der Waals surface area contributed by atoms with Crippen molar-refractivity contribution in [2.24, 2.45) is 16.2 Å². The van der Waals surface area contributed by atoms with Crippen molar-refractivity contribution in [3.05, 3.63) is 12.1 Å². The lowest BCUT2D eigenvalue weighted by Gasteiger charge is -2.50. The van der Waals surface area contributed by atoms with Gasteiger partial charge in [0.1, 0.15) is 5.75 Å². The summed E-state index contributed by atoms with van der Waals surface area (Å²) in [6.45, 7) is 17.2. The smallest absolute Gasteiger partial charge is 0.311 e. The Labute approximate surface area is 271 Å². The summed E-state index contributed by atoms with van der Waals surface area (Å²) in [4.78, 5) is 13.3. The summed E-state index contributed by atoms with van der Waals surface area (Å²) in [5.41, 5.74) is -1.36. The molecule has 258 valence electrons. The number of likely N-dealkylation sites (N-methyl/N-ethyl adjacent to an activating group) is 1. The summed E-state index contributed by atoms with van der Waals surface area (Å²) in [7, 11) is 6.68. The van der Waals surface area contributed by atoms with Crippen molar-refractivity contribution >= 4 is 5.97 Å². The van der Waals surface area contributed by atoms with Crippen LogP contribution in [-0.4, -0.2) is 84.7 Å². The first-order valence-electron chi connectivity index (χ1n) is 16.5. The summed E-state index contributed by atoms with van der Waals surface area (Å²) < 4.78 is 42.9. The van der Waals surface area contributed by atoms with Crippen molar-refractivity contribution < 1.29 is 38.0 Å². The van der Waals surface area contributed by atoms with Gasteiger partial charge in [-0.3, -0.25) is 4.79 Å². The maximum absolute atomic E-state index is 13.3. The van der Waals surface area contributed by atoms with Crippen LogP contribution in [0, 0.1) is 16.2 Å². The average Bonchev–Trinajstić information content (AvgIpc) is 2.98. The van der Waals surface area contributed by atoms with Gasteiger partial charge >= 0.3 is 5.97 Å². The molecular formula is C35H60N2O8. The molecule has 1 aromatic rings. The van der Waals surface area contributed by atoms with Gasteiger partial charge in [-0.05, 0) is 90.3 Å². The van der Waals surface area contributed by atoms with Gasteiger partial charge in [0.05, 0.1) is 51.6 Å². The van der Waals surface area contributed by atoms with Gasteiger partial charge in [-0.1, -0.05) is 27.7 Å². The Hall–Kier alpha value is -2.27. The number of esters is 1. The number of methoxy groups -OCH3 is 3. The zero-order valence-electron chi connectivity index (χ0n) is 29.7. The van der Waals surface area contributed by atoms with Crippen molar-refractivity contribution in [1.29, 1.82) is 0 Å². The summed E-state index contributed by atoms with van der Waals surface area (Å²) in [6, 6.07) is 3.53. The van der Waals surface area contributed by atoms with E-state index in [9.17, 15) is 4.79 Å². The number of carbonyl (C=O) groups excluding carboxylic acids is 1. The van der Waals surface area contributed by atoms with Crippen molar-refractivity contribution in [2.75, 3.05) is 48.1 Å². The van der Waals surface area contributed by atoms with Gasteiger partial charge in [0.25, 0.3) is 0 Å². The molecule has 1 unspecified atom stereocenters. The molecular weight excluding hydrogens is 576 g/mol. The molecule has 2 N–H and O–H groups in total. The highest BCUT2D eigenvalue weighted by Gasteiger charge is 2.50. The van der Waals surface area contributed by atoms with E-state index in [1.165, 1.54) is 0 Å². The zero-order chi connectivity index (χ0) is 33.4. The van der Waals surface area contributed by atoms with Gasteiger partial charge in [-0.15, -0.1) is 0 Å². The van der Waals surface area contributed by atoms with Gasteiger partial charge in [-0.25, -0.2) is 0 Å². The number of rotatable bonds is 8. The van der Waals surface area contributed by atoms with Crippen LogP contribution in [0.2, 0.25) is 0 Å². The quantitative estimate of drug-likeness (QED) is 0.343. The second-order valence-corrected chi connectivity index (χ2v) is 14.6. The van der Waals surface area contributed by atoms with Gasteiger partial charge < -0.3 is 43.8 Å². The van der Waals surface area contributed by atoms with E-state index in [0.717, 1.165) is 45.2 Å². The number of hydrogen-bond donors (Lipinski definition) is 2. The van der Waals surface area contributed by atoms with Crippen molar-refractivity contribution in [2.45, 2.75) is 118 Å². The molecule has 3 rings (SSSR count). The molecule has 5 atom stereocenters. The lowest BCUT2D eigenvalue weighted by molar-refractivity contribution is -0.285. The summed E-state index contributed by atoms with van der Waals surface area (Å²) in [6.07, 6.45) is 3.59. The molecule has 2 heterocycles. The van der Waals surface area contributed by atoms with Gasteiger partial charge in [0, 0.05) is 12.1 Å². The highest BCUT2D eigenvalue weighted by molar-refractivity contribution is 5.76. The Morgan fingerprint density at radius 2 is 1.56 bits per heavy atom. The number of nitrogens with one attached hydrogen (secondary N) is 2.